The van der Waals surface area contributed by atoms with Gasteiger partial charge in [0.1, 0.15) is 0 Å². The number of fused-ring (bicyclic) bond motifs is 2. The Morgan fingerprint density at radius 1 is 1.23 bits per heavy atom. The topological polar surface area (TPSA) is 93.5 Å². The van der Waals surface area contributed by atoms with Gasteiger partial charge in [0.05, 0.1) is 11.5 Å². The second-order valence-electron chi connectivity index (χ2n) is 7.82. The zero-order valence-electron chi connectivity index (χ0n) is 15.1. The molecule has 26 heavy (non-hydrogen) atoms. The monoisotopic (exact) mass is 357 g/mol. The zero-order valence-corrected chi connectivity index (χ0v) is 15.1. The summed E-state index contributed by atoms with van der Waals surface area (Å²) in [4.78, 5) is 25.1. The summed E-state index contributed by atoms with van der Waals surface area (Å²) < 4.78 is 5.43. The van der Waals surface area contributed by atoms with Crippen LogP contribution in [0.2, 0.25) is 0 Å². The lowest BCUT2D eigenvalue weighted by atomic mass is 9.75. The van der Waals surface area contributed by atoms with Crippen molar-refractivity contribution in [3.05, 3.63) is 23.8 Å². The molecule has 0 unspecified atom stereocenters. The molecule has 2 aliphatic heterocycles. The second kappa shape index (κ2) is 7.00. The summed E-state index contributed by atoms with van der Waals surface area (Å²) in [6.07, 6.45) is 7.00. The van der Waals surface area contributed by atoms with Gasteiger partial charge in [-0.3, -0.25) is 9.59 Å². The molecule has 4 rings (SSSR count). The number of amides is 2. The number of anilines is 2. The Bertz CT molecular complexity index is 706. The molecule has 140 valence electrons. The third kappa shape index (κ3) is 3.01. The SMILES string of the molecule is N[C@H](C(=O)Nc1ccc2c(c1)NC(=O)C21CCOCC1)C1CCCCC1. The maximum Gasteiger partial charge on any atom is 0.241 e. The van der Waals surface area contributed by atoms with Gasteiger partial charge in [-0.15, -0.1) is 0 Å². The van der Waals surface area contributed by atoms with E-state index in [2.05, 4.69) is 10.6 Å². The highest BCUT2D eigenvalue weighted by molar-refractivity contribution is 6.07. The summed E-state index contributed by atoms with van der Waals surface area (Å²) in [7, 11) is 0. The van der Waals surface area contributed by atoms with E-state index in [-0.39, 0.29) is 17.7 Å². The molecular weight excluding hydrogens is 330 g/mol. The molecule has 1 atom stereocenters. The molecule has 1 aromatic rings. The quantitative estimate of drug-likeness (QED) is 0.775. The minimum atomic E-state index is -0.478. The molecule has 1 aliphatic carbocycles. The normalized spacial score (nSPS) is 23.3. The predicted octanol–water partition coefficient (Wildman–Crippen LogP) is 2.53. The standard InChI is InChI=1S/C20H27N3O3/c21-17(13-4-2-1-3-5-13)18(24)22-14-6-7-15-16(12-14)23-19(25)20(15)8-10-26-11-9-20/h6-7,12-13,17H,1-5,8-11,21H2,(H,22,24)(H,23,25)/t17-/m0/s1. The third-order valence-corrected chi connectivity index (χ3v) is 6.29. The number of hydrogen-bond donors (Lipinski definition) is 3. The fourth-order valence-corrected chi connectivity index (χ4v) is 4.66. The molecule has 2 heterocycles. The molecule has 0 bridgehead atoms. The fraction of sp³-hybridized carbons (Fsp3) is 0.600. The number of carbonyl (C=O) groups excluding carboxylic acids is 2. The first-order valence-corrected chi connectivity index (χ1v) is 9.70. The van der Waals surface area contributed by atoms with E-state index >= 15 is 0 Å². The van der Waals surface area contributed by atoms with Crippen molar-refractivity contribution in [1.82, 2.24) is 0 Å². The molecule has 1 saturated carbocycles. The average molecular weight is 357 g/mol. The van der Waals surface area contributed by atoms with E-state index in [4.69, 9.17) is 10.5 Å². The van der Waals surface area contributed by atoms with Crippen LogP contribution >= 0.6 is 0 Å². The van der Waals surface area contributed by atoms with E-state index in [9.17, 15) is 9.59 Å². The molecule has 4 N–H and O–H groups in total. The lowest BCUT2D eigenvalue weighted by Gasteiger charge is -2.31. The fourth-order valence-electron chi connectivity index (χ4n) is 4.66. The number of hydrogen-bond acceptors (Lipinski definition) is 4. The van der Waals surface area contributed by atoms with E-state index in [1.54, 1.807) is 0 Å². The summed E-state index contributed by atoms with van der Waals surface area (Å²) in [5.74, 6) is 0.170. The highest BCUT2D eigenvalue weighted by Gasteiger charge is 2.47. The van der Waals surface area contributed by atoms with Crippen molar-refractivity contribution in [2.24, 2.45) is 11.7 Å². The maximum atomic E-state index is 12.6. The second-order valence-corrected chi connectivity index (χ2v) is 7.82. The van der Waals surface area contributed by atoms with Gasteiger partial charge in [-0.1, -0.05) is 25.3 Å². The Morgan fingerprint density at radius 3 is 2.69 bits per heavy atom. The molecule has 0 radical (unpaired) electrons. The minimum absolute atomic E-state index is 0.0400. The summed E-state index contributed by atoms with van der Waals surface area (Å²) in [5.41, 5.74) is 8.20. The minimum Gasteiger partial charge on any atom is -0.381 e. The predicted molar refractivity (Wildman–Crippen MR) is 100.0 cm³/mol. The van der Waals surface area contributed by atoms with Crippen LogP contribution in [0.1, 0.15) is 50.5 Å². The van der Waals surface area contributed by atoms with Gasteiger partial charge in [-0.2, -0.15) is 0 Å². The van der Waals surface area contributed by atoms with Crippen LogP contribution in [0.5, 0.6) is 0 Å². The van der Waals surface area contributed by atoms with Gasteiger partial charge in [0.25, 0.3) is 0 Å². The van der Waals surface area contributed by atoms with Crippen molar-refractivity contribution in [3.8, 4) is 0 Å². The van der Waals surface area contributed by atoms with Gasteiger partial charge in [0, 0.05) is 24.6 Å². The summed E-state index contributed by atoms with van der Waals surface area (Å²) >= 11 is 0. The summed E-state index contributed by atoms with van der Waals surface area (Å²) in [6, 6.07) is 5.21. The van der Waals surface area contributed by atoms with Crippen LogP contribution in [0.4, 0.5) is 11.4 Å². The lowest BCUT2D eigenvalue weighted by molar-refractivity contribution is -0.124. The van der Waals surface area contributed by atoms with Crippen molar-refractivity contribution in [2.75, 3.05) is 23.8 Å². The Labute approximate surface area is 153 Å². The number of benzene rings is 1. The average Bonchev–Trinajstić information content (AvgIpc) is 2.93. The van der Waals surface area contributed by atoms with Gasteiger partial charge in [0.15, 0.2) is 0 Å². The van der Waals surface area contributed by atoms with Crippen LogP contribution in [0.15, 0.2) is 18.2 Å². The highest BCUT2D eigenvalue weighted by Crippen LogP contribution is 2.45. The van der Waals surface area contributed by atoms with E-state index < -0.39 is 11.5 Å². The molecule has 3 aliphatic rings. The summed E-state index contributed by atoms with van der Waals surface area (Å²) in [6.45, 7) is 1.20. The molecule has 2 fully saturated rings. The Morgan fingerprint density at radius 2 is 1.96 bits per heavy atom. The van der Waals surface area contributed by atoms with Crippen molar-refractivity contribution in [1.29, 1.82) is 0 Å². The Kier molecular flexibility index (Phi) is 4.71. The van der Waals surface area contributed by atoms with Crippen molar-refractivity contribution < 1.29 is 14.3 Å². The first kappa shape index (κ1) is 17.5. The van der Waals surface area contributed by atoms with E-state index in [1.807, 2.05) is 18.2 Å². The third-order valence-electron chi connectivity index (χ3n) is 6.29. The number of carbonyl (C=O) groups is 2. The number of rotatable bonds is 3. The van der Waals surface area contributed by atoms with Gasteiger partial charge >= 0.3 is 0 Å². The highest BCUT2D eigenvalue weighted by atomic mass is 16.5. The Balaban J connectivity index is 1.49. The van der Waals surface area contributed by atoms with E-state index in [0.717, 1.165) is 36.9 Å². The first-order valence-electron chi connectivity index (χ1n) is 9.70. The molecular formula is C20H27N3O3. The number of nitrogens with two attached hydrogens (primary N) is 1. The van der Waals surface area contributed by atoms with E-state index in [1.165, 1.54) is 6.42 Å². The van der Waals surface area contributed by atoms with E-state index in [0.29, 0.717) is 31.7 Å². The molecule has 0 aromatic heterocycles. The lowest BCUT2D eigenvalue weighted by Crippen LogP contribution is -2.42. The van der Waals surface area contributed by atoms with Crippen LogP contribution in [0.3, 0.4) is 0 Å². The first-order chi connectivity index (χ1) is 12.6. The molecule has 6 nitrogen and oxygen atoms in total. The van der Waals surface area contributed by atoms with Crippen LogP contribution in [0.25, 0.3) is 0 Å². The number of ether oxygens (including phenoxy) is 1. The smallest absolute Gasteiger partial charge is 0.241 e. The van der Waals surface area contributed by atoms with Crippen LogP contribution < -0.4 is 16.4 Å². The molecule has 1 saturated heterocycles. The van der Waals surface area contributed by atoms with Gasteiger partial charge in [-0.05, 0) is 49.3 Å². The van der Waals surface area contributed by atoms with Gasteiger partial charge < -0.3 is 21.1 Å². The van der Waals surface area contributed by atoms with Crippen molar-refractivity contribution >= 4 is 23.2 Å². The number of nitrogens with one attached hydrogen (secondary N) is 2. The van der Waals surface area contributed by atoms with Crippen LogP contribution in [-0.4, -0.2) is 31.1 Å². The van der Waals surface area contributed by atoms with Crippen molar-refractivity contribution in [2.45, 2.75) is 56.4 Å². The van der Waals surface area contributed by atoms with Gasteiger partial charge in [0.2, 0.25) is 11.8 Å². The Hall–Kier alpha value is -1.92. The molecule has 6 heteroatoms. The maximum absolute atomic E-state index is 12.6. The molecule has 1 aromatic carbocycles. The van der Waals surface area contributed by atoms with Gasteiger partial charge in [-0.25, -0.2) is 0 Å². The van der Waals surface area contributed by atoms with Crippen LogP contribution in [0, 0.1) is 5.92 Å². The summed E-state index contributed by atoms with van der Waals surface area (Å²) in [5, 5.41) is 5.92. The molecule has 2 amide bonds. The van der Waals surface area contributed by atoms with Crippen LogP contribution in [-0.2, 0) is 19.7 Å². The van der Waals surface area contributed by atoms with Crippen molar-refractivity contribution in [3.63, 3.8) is 0 Å². The molecule has 1 spiro atoms. The largest absolute Gasteiger partial charge is 0.381 e. The zero-order chi connectivity index (χ0) is 18.1.